The molecule has 28 heavy (non-hydrogen) atoms. The number of anilines is 2. The summed E-state index contributed by atoms with van der Waals surface area (Å²) in [4.78, 5) is 19.9. The van der Waals surface area contributed by atoms with E-state index in [0.29, 0.717) is 25.7 Å². The Morgan fingerprint density at radius 1 is 0.964 bits per heavy atom. The third-order valence-corrected chi connectivity index (χ3v) is 5.43. The van der Waals surface area contributed by atoms with Crippen molar-refractivity contribution in [1.82, 2.24) is 4.98 Å². The summed E-state index contributed by atoms with van der Waals surface area (Å²) < 4.78 is 0. The third-order valence-electron chi connectivity index (χ3n) is 5.43. The molecule has 0 N–H and O–H groups in total. The van der Waals surface area contributed by atoms with Crippen LogP contribution in [0.25, 0.3) is 0 Å². The van der Waals surface area contributed by atoms with Gasteiger partial charge < -0.3 is 0 Å². The molecule has 1 unspecified atom stereocenters. The molecule has 1 aliphatic heterocycles. The molecule has 0 spiro atoms. The van der Waals surface area contributed by atoms with Gasteiger partial charge in [0.25, 0.3) is 0 Å². The zero-order valence-electron chi connectivity index (χ0n) is 15.6. The van der Waals surface area contributed by atoms with E-state index in [9.17, 15) is 4.79 Å². The van der Waals surface area contributed by atoms with Crippen molar-refractivity contribution in [3.8, 4) is 6.07 Å². The molecule has 0 saturated heterocycles. The fourth-order valence-corrected chi connectivity index (χ4v) is 4.16. The number of aromatic nitrogens is 1. The number of hydrogen-bond donors (Lipinski definition) is 0. The standard InChI is InChI=1S/C24H21N3O/c25-15-7-6-14-24(18-19-12-16-26-17-13-19)21-10-4-5-11-22(21)27(23(24)28)20-8-2-1-3-9-20/h1-5,8-13,16-17H,6-7,14,18H2. The van der Waals surface area contributed by atoms with Gasteiger partial charge in [-0.25, -0.2) is 0 Å². The number of benzene rings is 2. The quantitative estimate of drug-likeness (QED) is 0.580. The van der Waals surface area contributed by atoms with E-state index in [0.717, 1.165) is 22.5 Å². The van der Waals surface area contributed by atoms with Gasteiger partial charge in [0.2, 0.25) is 5.91 Å². The maximum Gasteiger partial charge on any atom is 0.242 e. The van der Waals surface area contributed by atoms with Crippen LogP contribution in [0.4, 0.5) is 11.4 Å². The lowest BCUT2D eigenvalue weighted by Gasteiger charge is -2.29. The molecule has 4 nitrogen and oxygen atoms in total. The van der Waals surface area contributed by atoms with Gasteiger partial charge in [-0.05, 0) is 60.7 Å². The first-order valence-electron chi connectivity index (χ1n) is 9.51. The average Bonchev–Trinajstić information content (AvgIpc) is 2.98. The molecule has 0 bridgehead atoms. The maximum atomic E-state index is 13.9. The lowest BCUT2D eigenvalue weighted by atomic mass is 9.73. The number of nitrogens with zero attached hydrogens (tertiary/aromatic N) is 3. The van der Waals surface area contributed by atoms with Gasteiger partial charge in [-0.2, -0.15) is 5.26 Å². The van der Waals surface area contributed by atoms with Gasteiger partial charge in [-0.15, -0.1) is 0 Å². The van der Waals surface area contributed by atoms with Crippen molar-refractivity contribution in [3.05, 3.63) is 90.3 Å². The Hall–Kier alpha value is -3.45. The maximum absolute atomic E-state index is 13.9. The van der Waals surface area contributed by atoms with Crippen molar-refractivity contribution in [3.63, 3.8) is 0 Å². The highest BCUT2D eigenvalue weighted by Gasteiger charge is 2.50. The van der Waals surface area contributed by atoms with Crippen molar-refractivity contribution in [1.29, 1.82) is 5.26 Å². The molecule has 0 fully saturated rings. The zero-order valence-corrected chi connectivity index (χ0v) is 15.6. The van der Waals surface area contributed by atoms with Crippen LogP contribution >= 0.6 is 0 Å². The number of unbranched alkanes of at least 4 members (excludes halogenated alkanes) is 1. The summed E-state index contributed by atoms with van der Waals surface area (Å²) >= 11 is 0. The second-order valence-electron chi connectivity index (χ2n) is 7.12. The van der Waals surface area contributed by atoms with Crippen LogP contribution in [0.2, 0.25) is 0 Å². The molecular formula is C24H21N3O. The smallest absolute Gasteiger partial charge is 0.242 e. The zero-order chi connectivity index (χ0) is 19.4. The predicted octanol–water partition coefficient (Wildman–Crippen LogP) is 4.93. The number of amides is 1. The summed E-state index contributed by atoms with van der Waals surface area (Å²) in [6, 6.07) is 24.0. The Labute approximate surface area is 165 Å². The van der Waals surface area contributed by atoms with E-state index in [1.54, 1.807) is 12.4 Å². The second-order valence-corrected chi connectivity index (χ2v) is 7.12. The highest BCUT2D eigenvalue weighted by Crippen LogP contribution is 2.49. The molecule has 138 valence electrons. The first-order valence-corrected chi connectivity index (χ1v) is 9.51. The van der Waals surface area contributed by atoms with Gasteiger partial charge in [0.1, 0.15) is 0 Å². The van der Waals surface area contributed by atoms with Gasteiger partial charge >= 0.3 is 0 Å². The van der Waals surface area contributed by atoms with Crippen LogP contribution in [-0.2, 0) is 16.6 Å². The molecule has 1 atom stereocenters. The van der Waals surface area contributed by atoms with Crippen LogP contribution in [0.5, 0.6) is 0 Å². The Kier molecular flexibility index (Phi) is 4.90. The van der Waals surface area contributed by atoms with Gasteiger partial charge in [0.15, 0.2) is 0 Å². The Balaban J connectivity index is 1.84. The number of rotatable bonds is 6. The molecule has 1 aromatic heterocycles. The first kappa shape index (κ1) is 17.9. The topological polar surface area (TPSA) is 57.0 Å². The largest absolute Gasteiger partial charge is 0.280 e. The Bertz CT molecular complexity index is 1010. The molecule has 0 aliphatic carbocycles. The summed E-state index contributed by atoms with van der Waals surface area (Å²) in [5.74, 6) is 0.0784. The molecule has 1 amide bonds. The monoisotopic (exact) mass is 367 g/mol. The number of nitriles is 1. The lowest BCUT2D eigenvalue weighted by Crippen LogP contribution is -2.40. The second kappa shape index (κ2) is 7.66. The average molecular weight is 367 g/mol. The third kappa shape index (κ3) is 3.05. The summed E-state index contributed by atoms with van der Waals surface area (Å²) in [6.07, 6.45) is 5.89. The molecule has 4 rings (SSSR count). The SMILES string of the molecule is N#CCCCC1(Cc2ccncc2)C(=O)N(c2ccccc2)c2ccccc21. The molecule has 4 heteroatoms. The Morgan fingerprint density at radius 3 is 2.43 bits per heavy atom. The van der Waals surface area contributed by atoms with Crippen molar-refractivity contribution in [2.45, 2.75) is 31.1 Å². The van der Waals surface area contributed by atoms with Crippen LogP contribution in [0.15, 0.2) is 79.1 Å². The van der Waals surface area contributed by atoms with Crippen molar-refractivity contribution in [2.24, 2.45) is 0 Å². The first-order chi connectivity index (χ1) is 13.8. The highest BCUT2D eigenvalue weighted by molar-refractivity contribution is 6.13. The normalized spacial score (nSPS) is 18.0. The number of para-hydroxylation sites is 2. The van der Waals surface area contributed by atoms with Crippen LogP contribution in [0, 0.1) is 11.3 Å². The van der Waals surface area contributed by atoms with Gasteiger partial charge in [0, 0.05) is 24.5 Å². The number of carbonyl (C=O) groups excluding carboxylic acids is 1. The van der Waals surface area contributed by atoms with Crippen molar-refractivity contribution >= 4 is 17.3 Å². The van der Waals surface area contributed by atoms with E-state index in [1.807, 2.05) is 65.6 Å². The number of carbonyl (C=O) groups is 1. The van der Waals surface area contributed by atoms with E-state index in [4.69, 9.17) is 5.26 Å². The fraction of sp³-hybridized carbons (Fsp3) is 0.208. The van der Waals surface area contributed by atoms with Crippen molar-refractivity contribution in [2.75, 3.05) is 4.90 Å². The molecule has 3 aromatic rings. The molecule has 1 aliphatic rings. The molecular weight excluding hydrogens is 346 g/mol. The van der Waals surface area contributed by atoms with Gasteiger partial charge in [0.05, 0.1) is 17.2 Å². The minimum absolute atomic E-state index is 0.0784. The molecule has 2 aromatic carbocycles. The summed E-state index contributed by atoms with van der Waals surface area (Å²) in [7, 11) is 0. The van der Waals surface area contributed by atoms with E-state index in [2.05, 4.69) is 17.1 Å². The summed E-state index contributed by atoms with van der Waals surface area (Å²) in [5.41, 5.74) is 3.25. The van der Waals surface area contributed by atoms with E-state index in [1.165, 1.54) is 0 Å². The summed E-state index contributed by atoms with van der Waals surface area (Å²) in [5, 5.41) is 9.05. The van der Waals surface area contributed by atoms with Crippen LogP contribution in [-0.4, -0.2) is 10.9 Å². The van der Waals surface area contributed by atoms with E-state index < -0.39 is 5.41 Å². The fourth-order valence-electron chi connectivity index (χ4n) is 4.16. The highest BCUT2D eigenvalue weighted by atomic mass is 16.2. The number of fused-ring (bicyclic) bond motifs is 1. The van der Waals surface area contributed by atoms with E-state index >= 15 is 0 Å². The van der Waals surface area contributed by atoms with Crippen molar-refractivity contribution < 1.29 is 4.79 Å². The lowest BCUT2D eigenvalue weighted by molar-refractivity contribution is -0.122. The van der Waals surface area contributed by atoms with Gasteiger partial charge in [-0.3, -0.25) is 14.7 Å². The molecule has 0 saturated carbocycles. The van der Waals surface area contributed by atoms with Gasteiger partial charge in [-0.1, -0.05) is 36.4 Å². The minimum atomic E-state index is -0.676. The number of pyridine rings is 1. The predicted molar refractivity (Wildman–Crippen MR) is 109 cm³/mol. The summed E-state index contributed by atoms with van der Waals surface area (Å²) in [6.45, 7) is 0. The Morgan fingerprint density at radius 2 is 1.68 bits per heavy atom. The van der Waals surface area contributed by atoms with E-state index in [-0.39, 0.29) is 5.91 Å². The van der Waals surface area contributed by atoms with Crippen LogP contribution in [0.3, 0.4) is 0 Å². The molecule has 0 radical (unpaired) electrons. The minimum Gasteiger partial charge on any atom is -0.280 e. The number of hydrogen-bond acceptors (Lipinski definition) is 3. The van der Waals surface area contributed by atoms with Crippen LogP contribution < -0.4 is 4.90 Å². The van der Waals surface area contributed by atoms with Crippen LogP contribution in [0.1, 0.15) is 30.4 Å². The molecule has 2 heterocycles.